The van der Waals surface area contributed by atoms with E-state index in [-0.39, 0.29) is 5.69 Å². The molecular weight excluding hydrogens is 251 g/mol. The third-order valence-electron chi connectivity index (χ3n) is 2.52. The van der Waals surface area contributed by atoms with Gasteiger partial charge in [0.2, 0.25) is 0 Å². The van der Waals surface area contributed by atoms with Crippen LogP contribution in [-0.4, -0.2) is 23.7 Å². The van der Waals surface area contributed by atoms with E-state index in [4.69, 9.17) is 5.11 Å². The van der Waals surface area contributed by atoms with Gasteiger partial charge in [0.1, 0.15) is 5.82 Å². The molecule has 1 aromatic carbocycles. The van der Waals surface area contributed by atoms with Crippen LogP contribution in [0, 0.1) is 5.82 Å². The number of amides is 2. The lowest BCUT2D eigenvalue weighted by Gasteiger charge is -2.08. The van der Waals surface area contributed by atoms with Gasteiger partial charge in [-0.25, -0.2) is 14.0 Å². The molecule has 0 radical (unpaired) electrons. The zero-order valence-electron chi connectivity index (χ0n) is 10.7. The average Bonchev–Trinajstić information content (AvgIpc) is 2.34. The number of rotatable bonds is 6. The van der Waals surface area contributed by atoms with Crippen molar-refractivity contribution in [2.24, 2.45) is 0 Å². The average molecular weight is 268 g/mol. The summed E-state index contributed by atoms with van der Waals surface area (Å²) in [6.45, 7) is 2.61. The molecule has 5 nitrogen and oxygen atoms in total. The van der Waals surface area contributed by atoms with Crippen molar-refractivity contribution >= 4 is 17.7 Å². The number of aromatic carboxylic acids is 1. The van der Waals surface area contributed by atoms with Crippen molar-refractivity contribution in [2.75, 3.05) is 11.9 Å². The lowest BCUT2D eigenvalue weighted by molar-refractivity contribution is 0.0692. The van der Waals surface area contributed by atoms with Crippen LogP contribution in [0.3, 0.4) is 0 Å². The first-order valence-electron chi connectivity index (χ1n) is 6.12. The highest BCUT2D eigenvalue weighted by molar-refractivity contribution is 5.91. The Morgan fingerprint density at radius 1 is 1.32 bits per heavy atom. The van der Waals surface area contributed by atoms with Crippen molar-refractivity contribution in [1.29, 1.82) is 0 Å². The van der Waals surface area contributed by atoms with Gasteiger partial charge < -0.3 is 15.7 Å². The van der Waals surface area contributed by atoms with Gasteiger partial charge >= 0.3 is 12.0 Å². The Hall–Kier alpha value is -2.11. The maximum Gasteiger partial charge on any atom is 0.338 e. The van der Waals surface area contributed by atoms with Crippen LogP contribution in [0.5, 0.6) is 0 Å². The number of hydrogen-bond donors (Lipinski definition) is 3. The first kappa shape index (κ1) is 14.9. The largest absolute Gasteiger partial charge is 0.478 e. The highest BCUT2D eigenvalue weighted by Gasteiger charge is 2.11. The molecule has 19 heavy (non-hydrogen) atoms. The number of anilines is 1. The van der Waals surface area contributed by atoms with Gasteiger partial charge in [-0.3, -0.25) is 0 Å². The molecule has 0 spiro atoms. The van der Waals surface area contributed by atoms with Crippen LogP contribution in [0.1, 0.15) is 36.5 Å². The van der Waals surface area contributed by atoms with Crippen LogP contribution in [0.4, 0.5) is 14.9 Å². The molecule has 0 heterocycles. The predicted molar refractivity (Wildman–Crippen MR) is 69.9 cm³/mol. The van der Waals surface area contributed by atoms with Crippen molar-refractivity contribution < 1.29 is 19.1 Å². The molecule has 0 aliphatic rings. The van der Waals surface area contributed by atoms with E-state index in [0.29, 0.717) is 6.54 Å². The summed E-state index contributed by atoms with van der Waals surface area (Å²) in [6, 6.07) is 3.01. The van der Waals surface area contributed by atoms with Crippen molar-refractivity contribution in [1.82, 2.24) is 5.32 Å². The van der Waals surface area contributed by atoms with Gasteiger partial charge in [0.05, 0.1) is 5.56 Å². The lowest BCUT2D eigenvalue weighted by atomic mass is 10.2. The minimum Gasteiger partial charge on any atom is -0.478 e. The molecule has 3 N–H and O–H groups in total. The number of urea groups is 1. The Morgan fingerprint density at radius 3 is 2.63 bits per heavy atom. The Balaban J connectivity index is 2.51. The zero-order valence-corrected chi connectivity index (χ0v) is 10.7. The van der Waals surface area contributed by atoms with E-state index < -0.39 is 23.4 Å². The summed E-state index contributed by atoms with van der Waals surface area (Å²) in [6.07, 6.45) is 2.98. The Morgan fingerprint density at radius 2 is 2.05 bits per heavy atom. The first-order chi connectivity index (χ1) is 9.04. The number of unbranched alkanes of at least 4 members (excludes halogenated alkanes) is 2. The number of carboxylic acid groups (broad SMARTS) is 1. The number of carbonyl (C=O) groups excluding carboxylic acids is 1. The van der Waals surface area contributed by atoms with Crippen molar-refractivity contribution in [3.63, 3.8) is 0 Å². The summed E-state index contributed by atoms with van der Waals surface area (Å²) >= 11 is 0. The fraction of sp³-hybridized carbons (Fsp3) is 0.385. The van der Waals surface area contributed by atoms with E-state index in [1.54, 1.807) is 0 Å². The molecule has 1 aromatic rings. The molecule has 0 aliphatic heterocycles. The van der Waals surface area contributed by atoms with Gasteiger partial charge in [-0.05, 0) is 24.6 Å². The van der Waals surface area contributed by atoms with Gasteiger partial charge in [-0.1, -0.05) is 19.8 Å². The van der Waals surface area contributed by atoms with Gasteiger partial charge in [-0.2, -0.15) is 0 Å². The van der Waals surface area contributed by atoms with Crippen LogP contribution in [0.25, 0.3) is 0 Å². The number of carboxylic acids is 1. The third-order valence-corrected chi connectivity index (χ3v) is 2.52. The minimum atomic E-state index is -1.34. The SMILES string of the molecule is CCCCCNC(=O)Nc1ccc(C(=O)O)c(F)c1. The molecule has 2 amide bonds. The second-order valence-electron chi connectivity index (χ2n) is 4.09. The summed E-state index contributed by atoms with van der Waals surface area (Å²) in [5, 5.41) is 13.7. The molecule has 0 atom stereocenters. The number of benzene rings is 1. The van der Waals surface area contributed by atoms with Crippen LogP contribution in [0.15, 0.2) is 18.2 Å². The predicted octanol–water partition coefficient (Wildman–Crippen LogP) is 2.84. The highest BCUT2D eigenvalue weighted by atomic mass is 19.1. The molecule has 0 aromatic heterocycles. The van der Waals surface area contributed by atoms with Gasteiger partial charge in [-0.15, -0.1) is 0 Å². The maximum atomic E-state index is 13.4. The molecule has 104 valence electrons. The third kappa shape index (κ3) is 4.95. The second kappa shape index (κ2) is 7.35. The smallest absolute Gasteiger partial charge is 0.338 e. The van der Waals surface area contributed by atoms with Gasteiger partial charge in [0, 0.05) is 12.2 Å². The minimum absolute atomic E-state index is 0.218. The van der Waals surface area contributed by atoms with Crippen LogP contribution in [0.2, 0.25) is 0 Å². The maximum absolute atomic E-state index is 13.4. The van der Waals surface area contributed by atoms with E-state index in [1.807, 2.05) is 0 Å². The van der Waals surface area contributed by atoms with Gasteiger partial charge in [0.15, 0.2) is 0 Å². The van der Waals surface area contributed by atoms with E-state index >= 15 is 0 Å². The number of carbonyl (C=O) groups is 2. The summed E-state index contributed by atoms with van der Waals surface area (Å²) in [7, 11) is 0. The fourth-order valence-corrected chi connectivity index (χ4v) is 1.52. The Labute approximate surface area is 110 Å². The summed E-state index contributed by atoms with van der Waals surface area (Å²) in [5.74, 6) is -2.22. The normalized spacial score (nSPS) is 10.0. The number of hydrogen-bond acceptors (Lipinski definition) is 2. The molecule has 0 saturated heterocycles. The number of nitrogens with one attached hydrogen (secondary N) is 2. The summed E-state index contributed by atoms with van der Waals surface area (Å²) < 4.78 is 13.4. The van der Waals surface area contributed by atoms with Crippen molar-refractivity contribution in [2.45, 2.75) is 26.2 Å². The Kier molecular flexibility index (Phi) is 5.78. The highest BCUT2D eigenvalue weighted by Crippen LogP contribution is 2.14. The molecule has 0 unspecified atom stereocenters. The number of halogens is 1. The fourth-order valence-electron chi connectivity index (χ4n) is 1.52. The monoisotopic (exact) mass is 268 g/mol. The van der Waals surface area contributed by atoms with E-state index in [9.17, 15) is 14.0 Å². The molecule has 6 heteroatoms. The molecule has 0 fully saturated rings. The zero-order chi connectivity index (χ0) is 14.3. The van der Waals surface area contributed by atoms with Crippen LogP contribution < -0.4 is 10.6 Å². The van der Waals surface area contributed by atoms with Crippen LogP contribution in [-0.2, 0) is 0 Å². The molecular formula is C13H17FN2O3. The molecule has 0 bridgehead atoms. The summed E-state index contributed by atoms with van der Waals surface area (Å²) in [4.78, 5) is 22.1. The molecule has 0 saturated carbocycles. The van der Waals surface area contributed by atoms with Crippen molar-refractivity contribution in [3.05, 3.63) is 29.6 Å². The topological polar surface area (TPSA) is 78.4 Å². The van der Waals surface area contributed by atoms with E-state index in [2.05, 4.69) is 17.6 Å². The van der Waals surface area contributed by atoms with Gasteiger partial charge in [0.25, 0.3) is 0 Å². The van der Waals surface area contributed by atoms with E-state index in [1.165, 1.54) is 6.07 Å². The Bertz CT molecular complexity index is 463. The standard InChI is InChI=1S/C13H17FN2O3/c1-2-3-4-7-15-13(19)16-9-5-6-10(12(17)18)11(14)8-9/h5-6,8H,2-4,7H2,1H3,(H,17,18)(H2,15,16,19). The van der Waals surface area contributed by atoms with Crippen LogP contribution >= 0.6 is 0 Å². The first-order valence-corrected chi connectivity index (χ1v) is 6.12. The lowest BCUT2D eigenvalue weighted by Crippen LogP contribution is -2.29. The molecule has 1 rings (SSSR count). The van der Waals surface area contributed by atoms with Crippen molar-refractivity contribution in [3.8, 4) is 0 Å². The van der Waals surface area contributed by atoms with E-state index in [0.717, 1.165) is 31.4 Å². The molecule has 0 aliphatic carbocycles. The second-order valence-corrected chi connectivity index (χ2v) is 4.09. The summed E-state index contributed by atoms with van der Waals surface area (Å²) in [5.41, 5.74) is -0.204. The quantitative estimate of drug-likeness (QED) is 0.694.